The fraction of sp³-hybridized carbons (Fsp3) is 1.00. The summed E-state index contributed by atoms with van der Waals surface area (Å²) < 4.78 is 0. The Bertz CT molecular complexity index is 74.5. The molecule has 48 valence electrons. The second-order valence-electron chi connectivity index (χ2n) is 3.05. The Labute approximate surface area is 56.0 Å². The Balaban J connectivity index is 2.20. The van der Waals surface area contributed by atoms with Crippen LogP contribution in [0.3, 0.4) is 0 Å². The minimum Gasteiger partial charge on any atom is -0.161 e. The van der Waals surface area contributed by atoms with E-state index in [4.69, 9.17) is 0 Å². The van der Waals surface area contributed by atoms with Gasteiger partial charge in [0, 0.05) is 0 Å². The Hall–Kier alpha value is 0.350. The van der Waals surface area contributed by atoms with Gasteiger partial charge in [-0.15, -0.1) is 0 Å². The third kappa shape index (κ3) is 1.19. The van der Waals surface area contributed by atoms with Crippen molar-refractivity contribution in [3.63, 3.8) is 0 Å². The number of hydrogen-bond donors (Lipinski definition) is 0. The average Bonchev–Trinajstić information content (AvgIpc) is 1.64. The molecule has 1 heteroatoms. The van der Waals surface area contributed by atoms with Crippen LogP contribution in [0.1, 0.15) is 26.7 Å². The fourth-order valence-electron chi connectivity index (χ4n) is 1.20. The summed E-state index contributed by atoms with van der Waals surface area (Å²) in [6.45, 7) is 4.67. The van der Waals surface area contributed by atoms with Gasteiger partial charge < -0.3 is 0 Å². The van der Waals surface area contributed by atoms with Gasteiger partial charge in [0.1, 0.15) is 0 Å². The molecular weight excluding hydrogens is 116 g/mol. The van der Waals surface area contributed by atoms with Crippen molar-refractivity contribution in [1.82, 2.24) is 0 Å². The average molecular weight is 130 g/mol. The second kappa shape index (κ2) is 2.30. The van der Waals surface area contributed by atoms with Crippen molar-refractivity contribution in [3.8, 4) is 0 Å². The van der Waals surface area contributed by atoms with E-state index in [1.54, 1.807) is 0 Å². The maximum absolute atomic E-state index is 2.40. The topological polar surface area (TPSA) is 0 Å². The molecule has 0 unspecified atom stereocenters. The molecule has 0 radical (unpaired) electrons. The summed E-state index contributed by atoms with van der Waals surface area (Å²) in [4.78, 5) is 0. The molecule has 0 aliphatic carbocycles. The summed E-state index contributed by atoms with van der Waals surface area (Å²) in [6.07, 6.45) is 2.79. The highest BCUT2D eigenvalue weighted by atomic mass is 32.2. The molecule has 0 spiro atoms. The SMILES string of the molecule is CCCC1(C)CSC1. The molecule has 0 aromatic heterocycles. The molecule has 1 aliphatic heterocycles. The van der Waals surface area contributed by atoms with Crippen LogP contribution in [0.15, 0.2) is 0 Å². The van der Waals surface area contributed by atoms with Gasteiger partial charge in [0.25, 0.3) is 0 Å². The molecule has 1 rings (SSSR count). The number of thioether (sulfide) groups is 1. The van der Waals surface area contributed by atoms with Crippen molar-refractivity contribution in [2.45, 2.75) is 26.7 Å². The van der Waals surface area contributed by atoms with Crippen molar-refractivity contribution in [1.29, 1.82) is 0 Å². The van der Waals surface area contributed by atoms with E-state index in [2.05, 4.69) is 25.6 Å². The van der Waals surface area contributed by atoms with E-state index in [9.17, 15) is 0 Å². The van der Waals surface area contributed by atoms with E-state index in [1.165, 1.54) is 24.3 Å². The first-order valence-electron chi connectivity index (χ1n) is 3.35. The molecule has 0 bridgehead atoms. The summed E-state index contributed by atoms with van der Waals surface area (Å²) in [6, 6.07) is 0. The smallest absolute Gasteiger partial charge is 0.000534 e. The Morgan fingerprint density at radius 1 is 1.50 bits per heavy atom. The van der Waals surface area contributed by atoms with Gasteiger partial charge in [0.15, 0.2) is 0 Å². The molecule has 1 aliphatic rings. The molecular formula is C7H14S. The van der Waals surface area contributed by atoms with Crippen LogP contribution < -0.4 is 0 Å². The first-order valence-corrected chi connectivity index (χ1v) is 4.50. The fourth-order valence-corrected chi connectivity index (χ4v) is 2.39. The zero-order valence-electron chi connectivity index (χ0n) is 5.74. The molecule has 0 saturated carbocycles. The van der Waals surface area contributed by atoms with Gasteiger partial charge in [-0.25, -0.2) is 0 Å². The molecule has 0 nitrogen and oxygen atoms in total. The van der Waals surface area contributed by atoms with Gasteiger partial charge in [0.05, 0.1) is 0 Å². The summed E-state index contributed by atoms with van der Waals surface area (Å²) >= 11 is 2.08. The lowest BCUT2D eigenvalue weighted by Crippen LogP contribution is -2.31. The molecule has 0 atom stereocenters. The lowest BCUT2D eigenvalue weighted by Gasteiger charge is -2.37. The Kier molecular flexibility index (Phi) is 1.86. The molecule has 1 saturated heterocycles. The third-order valence-electron chi connectivity index (χ3n) is 1.75. The van der Waals surface area contributed by atoms with Gasteiger partial charge in [-0.3, -0.25) is 0 Å². The molecule has 1 fully saturated rings. The summed E-state index contributed by atoms with van der Waals surface area (Å²) in [5.41, 5.74) is 0.736. The van der Waals surface area contributed by atoms with Crippen LogP contribution in [0.4, 0.5) is 0 Å². The quantitative estimate of drug-likeness (QED) is 0.553. The first-order chi connectivity index (χ1) is 3.77. The number of hydrogen-bond acceptors (Lipinski definition) is 1. The van der Waals surface area contributed by atoms with E-state index in [0.29, 0.717) is 0 Å². The van der Waals surface area contributed by atoms with Crippen molar-refractivity contribution in [2.24, 2.45) is 5.41 Å². The van der Waals surface area contributed by atoms with Crippen LogP contribution in [0, 0.1) is 5.41 Å². The van der Waals surface area contributed by atoms with E-state index in [-0.39, 0.29) is 0 Å². The molecule has 0 aromatic carbocycles. The monoisotopic (exact) mass is 130 g/mol. The maximum atomic E-state index is 2.40. The molecule has 1 heterocycles. The summed E-state index contributed by atoms with van der Waals surface area (Å²) in [7, 11) is 0. The Morgan fingerprint density at radius 2 is 2.12 bits per heavy atom. The van der Waals surface area contributed by atoms with Crippen LogP contribution in [-0.2, 0) is 0 Å². The zero-order chi connectivity index (χ0) is 6.04. The predicted molar refractivity (Wildman–Crippen MR) is 40.3 cm³/mol. The molecule has 0 aromatic rings. The van der Waals surface area contributed by atoms with Crippen LogP contribution in [0.25, 0.3) is 0 Å². The van der Waals surface area contributed by atoms with Crippen LogP contribution in [0.5, 0.6) is 0 Å². The molecule has 8 heavy (non-hydrogen) atoms. The highest BCUT2D eigenvalue weighted by Crippen LogP contribution is 2.40. The first kappa shape index (κ1) is 6.47. The largest absolute Gasteiger partial charge is 0.161 e. The minimum absolute atomic E-state index is 0.736. The molecule has 0 N–H and O–H groups in total. The lowest BCUT2D eigenvalue weighted by atomic mass is 9.89. The van der Waals surface area contributed by atoms with Crippen molar-refractivity contribution >= 4 is 11.8 Å². The zero-order valence-corrected chi connectivity index (χ0v) is 6.55. The maximum Gasteiger partial charge on any atom is -0.000534 e. The van der Waals surface area contributed by atoms with Crippen molar-refractivity contribution in [3.05, 3.63) is 0 Å². The molecule has 0 amide bonds. The Morgan fingerprint density at radius 3 is 2.25 bits per heavy atom. The third-order valence-corrected chi connectivity index (χ3v) is 3.56. The van der Waals surface area contributed by atoms with Crippen molar-refractivity contribution in [2.75, 3.05) is 11.5 Å². The summed E-state index contributed by atoms with van der Waals surface area (Å²) in [5.74, 6) is 2.81. The number of rotatable bonds is 2. The van der Waals surface area contributed by atoms with Gasteiger partial charge in [-0.05, 0) is 23.3 Å². The standard InChI is InChI=1S/C7H14S/c1-3-4-7(2)5-8-6-7/h3-6H2,1-2H3. The normalized spacial score (nSPS) is 24.8. The van der Waals surface area contributed by atoms with E-state index >= 15 is 0 Å². The van der Waals surface area contributed by atoms with Crippen molar-refractivity contribution < 1.29 is 0 Å². The van der Waals surface area contributed by atoms with Crippen LogP contribution in [0.2, 0.25) is 0 Å². The van der Waals surface area contributed by atoms with E-state index < -0.39 is 0 Å². The van der Waals surface area contributed by atoms with E-state index in [1.807, 2.05) is 0 Å². The predicted octanol–water partition coefficient (Wildman–Crippen LogP) is 2.54. The van der Waals surface area contributed by atoms with Gasteiger partial charge in [0.2, 0.25) is 0 Å². The highest BCUT2D eigenvalue weighted by Gasteiger charge is 2.30. The van der Waals surface area contributed by atoms with E-state index in [0.717, 1.165) is 5.41 Å². The summed E-state index contributed by atoms with van der Waals surface area (Å²) in [5, 5.41) is 0. The highest BCUT2D eigenvalue weighted by molar-refractivity contribution is 8.00. The van der Waals surface area contributed by atoms with Gasteiger partial charge in [-0.2, -0.15) is 11.8 Å². The van der Waals surface area contributed by atoms with Crippen LogP contribution in [-0.4, -0.2) is 11.5 Å². The second-order valence-corrected chi connectivity index (χ2v) is 4.04. The lowest BCUT2D eigenvalue weighted by molar-refractivity contribution is 0.368. The van der Waals surface area contributed by atoms with Crippen LogP contribution >= 0.6 is 11.8 Å². The minimum atomic E-state index is 0.736. The van der Waals surface area contributed by atoms with Gasteiger partial charge in [-0.1, -0.05) is 20.3 Å². The van der Waals surface area contributed by atoms with Gasteiger partial charge >= 0.3 is 0 Å².